The lowest BCUT2D eigenvalue weighted by Crippen LogP contribution is -2.25. The highest BCUT2D eigenvalue weighted by Crippen LogP contribution is 2.11. The Bertz CT molecular complexity index is 702. The monoisotopic (exact) mass is 293 g/mol. The lowest BCUT2D eigenvalue weighted by atomic mass is 10.1. The molecule has 0 aliphatic rings. The largest absolute Gasteiger partial charge is 0.449 e. The Labute approximate surface area is 129 Å². The van der Waals surface area contributed by atoms with Crippen LogP contribution in [0.4, 0.5) is 0 Å². The van der Waals surface area contributed by atoms with Crippen LogP contribution in [-0.4, -0.2) is 18.5 Å². The standard InChI is InChI=1S/C18H15NO3/c1-2-12-22-18(21)16-11-7-6-10-15(16)17(20)19-13-14-8-4-3-5-9-14/h1,3-11H,12-13H2,(H,19,20). The summed E-state index contributed by atoms with van der Waals surface area (Å²) in [4.78, 5) is 24.2. The summed E-state index contributed by atoms with van der Waals surface area (Å²) in [5, 5.41) is 2.78. The predicted octanol–water partition coefficient (Wildman–Crippen LogP) is 2.41. The molecule has 0 saturated carbocycles. The highest BCUT2D eigenvalue weighted by molar-refractivity contribution is 6.05. The van der Waals surface area contributed by atoms with Crippen molar-refractivity contribution in [3.63, 3.8) is 0 Å². The van der Waals surface area contributed by atoms with Gasteiger partial charge in [0.2, 0.25) is 0 Å². The zero-order chi connectivity index (χ0) is 15.8. The minimum atomic E-state index is -0.608. The van der Waals surface area contributed by atoms with E-state index in [4.69, 9.17) is 11.2 Å². The number of carbonyl (C=O) groups is 2. The van der Waals surface area contributed by atoms with E-state index < -0.39 is 5.97 Å². The molecule has 0 spiro atoms. The second kappa shape index (κ2) is 7.65. The van der Waals surface area contributed by atoms with Crippen molar-refractivity contribution in [3.8, 4) is 12.3 Å². The van der Waals surface area contributed by atoms with Gasteiger partial charge in [0.25, 0.3) is 5.91 Å². The maximum atomic E-state index is 12.3. The van der Waals surface area contributed by atoms with E-state index >= 15 is 0 Å². The molecule has 22 heavy (non-hydrogen) atoms. The average Bonchev–Trinajstić information content (AvgIpc) is 2.58. The van der Waals surface area contributed by atoms with E-state index in [9.17, 15) is 9.59 Å². The molecule has 0 fully saturated rings. The number of rotatable bonds is 5. The quantitative estimate of drug-likeness (QED) is 0.680. The summed E-state index contributed by atoms with van der Waals surface area (Å²) in [5.41, 5.74) is 1.44. The van der Waals surface area contributed by atoms with E-state index in [0.717, 1.165) is 5.56 Å². The number of benzene rings is 2. The number of terminal acetylenes is 1. The molecular weight excluding hydrogens is 278 g/mol. The molecule has 0 atom stereocenters. The van der Waals surface area contributed by atoms with Gasteiger partial charge in [-0.2, -0.15) is 0 Å². The third-order valence-electron chi connectivity index (χ3n) is 2.97. The van der Waals surface area contributed by atoms with Crippen LogP contribution in [0.3, 0.4) is 0 Å². The van der Waals surface area contributed by atoms with E-state index in [1.165, 1.54) is 6.07 Å². The molecule has 0 aliphatic heterocycles. The van der Waals surface area contributed by atoms with Crippen molar-refractivity contribution in [1.29, 1.82) is 0 Å². The molecule has 4 heteroatoms. The van der Waals surface area contributed by atoms with Crippen LogP contribution in [0.2, 0.25) is 0 Å². The van der Waals surface area contributed by atoms with Gasteiger partial charge in [-0.25, -0.2) is 4.79 Å². The number of esters is 1. The molecule has 1 amide bonds. The first-order chi connectivity index (χ1) is 10.7. The van der Waals surface area contributed by atoms with Crippen LogP contribution >= 0.6 is 0 Å². The minimum absolute atomic E-state index is 0.126. The zero-order valence-corrected chi connectivity index (χ0v) is 11.9. The van der Waals surface area contributed by atoms with E-state index in [1.807, 2.05) is 30.3 Å². The first-order valence-corrected chi connectivity index (χ1v) is 6.74. The Morgan fingerprint density at radius 3 is 2.32 bits per heavy atom. The molecule has 0 heterocycles. The van der Waals surface area contributed by atoms with Gasteiger partial charge in [-0.15, -0.1) is 6.42 Å². The van der Waals surface area contributed by atoms with Crippen molar-refractivity contribution in [2.75, 3.05) is 6.61 Å². The summed E-state index contributed by atoms with van der Waals surface area (Å²) in [6, 6.07) is 16.0. The van der Waals surface area contributed by atoms with E-state index in [2.05, 4.69) is 11.2 Å². The molecule has 110 valence electrons. The van der Waals surface area contributed by atoms with Gasteiger partial charge in [0.1, 0.15) is 0 Å². The van der Waals surface area contributed by atoms with Crippen molar-refractivity contribution < 1.29 is 14.3 Å². The van der Waals surface area contributed by atoms with E-state index in [-0.39, 0.29) is 23.6 Å². The fraction of sp³-hybridized carbons (Fsp3) is 0.111. The molecule has 2 aromatic carbocycles. The highest BCUT2D eigenvalue weighted by atomic mass is 16.5. The third kappa shape index (κ3) is 3.97. The van der Waals surface area contributed by atoms with Gasteiger partial charge in [0.05, 0.1) is 11.1 Å². The Hall–Kier alpha value is -3.06. The molecule has 2 aromatic rings. The van der Waals surface area contributed by atoms with Crippen molar-refractivity contribution in [1.82, 2.24) is 5.32 Å². The molecule has 4 nitrogen and oxygen atoms in total. The Morgan fingerprint density at radius 1 is 1.00 bits per heavy atom. The predicted molar refractivity (Wildman–Crippen MR) is 83.2 cm³/mol. The van der Waals surface area contributed by atoms with Gasteiger partial charge in [0.15, 0.2) is 6.61 Å². The van der Waals surface area contributed by atoms with Gasteiger partial charge in [-0.1, -0.05) is 48.4 Å². The van der Waals surface area contributed by atoms with Crippen LogP contribution in [0.5, 0.6) is 0 Å². The molecule has 0 aliphatic carbocycles. The minimum Gasteiger partial charge on any atom is -0.449 e. The SMILES string of the molecule is C#CCOC(=O)c1ccccc1C(=O)NCc1ccccc1. The molecule has 0 saturated heterocycles. The van der Waals surface area contributed by atoms with Gasteiger partial charge >= 0.3 is 5.97 Å². The van der Waals surface area contributed by atoms with Gasteiger partial charge in [-0.3, -0.25) is 4.79 Å². The lowest BCUT2D eigenvalue weighted by Gasteiger charge is -2.09. The average molecular weight is 293 g/mol. The molecule has 2 rings (SSSR count). The summed E-state index contributed by atoms with van der Waals surface area (Å²) in [5.74, 6) is 1.28. The number of hydrogen-bond donors (Lipinski definition) is 1. The molecule has 0 unspecified atom stereocenters. The highest BCUT2D eigenvalue weighted by Gasteiger charge is 2.17. The summed E-state index contributed by atoms with van der Waals surface area (Å²) in [6.07, 6.45) is 5.06. The number of carbonyl (C=O) groups excluding carboxylic acids is 2. The van der Waals surface area contributed by atoms with Crippen LogP contribution in [0.25, 0.3) is 0 Å². The summed E-state index contributed by atoms with van der Waals surface area (Å²) >= 11 is 0. The first-order valence-electron chi connectivity index (χ1n) is 6.74. The van der Waals surface area contributed by atoms with Crippen molar-refractivity contribution in [3.05, 3.63) is 71.3 Å². The maximum Gasteiger partial charge on any atom is 0.339 e. The number of nitrogens with one attached hydrogen (secondary N) is 1. The normalized spacial score (nSPS) is 9.59. The van der Waals surface area contributed by atoms with Crippen LogP contribution in [0.15, 0.2) is 54.6 Å². The zero-order valence-electron chi connectivity index (χ0n) is 11.9. The molecule has 0 bridgehead atoms. The Morgan fingerprint density at radius 2 is 1.64 bits per heavy atom. The van der Waals surface area contributed by atoms with Gasteiger partial charge in [-0.05, 0) is 17.7 Å². The number of amides is 1. The summed E-state index contributed by atoms with van der Waals surface area (Å²) in [6.45, 7) is 0.256. The van der Waals surface area contributed by atoms with E-state index in [0.29, 0.717) is 6.54 Å². The number of hydrogen-bond acceptors (Lipinski definition) is 3. The first kappa shape index (κ1) is 15.3. The molecule has 0 aromatic heterocycles. The number of ether oxygens (including phenoxy) is 1. The fourth-order valence-corrected chi connectivity index (χ4v) is 1.92. The third-order valence-corrected chi connectivity index (χ3v) is 2.97. The van der Waals surface area contributed by atoms with Gasteiger partial charge in [0, 0.05) is 6.54 Å². The van der Waals surface area contributed by atoms with Crippen LogP contribution in [0.1, 0.15) is 26.3 Å². The molecule has 1 N–H and O–H groups in total. The topological polar surface area (TPSA) is 55.4 Å². The van der Waals surface area contributed by atoms with Crippen molar-refractivity contribution in [2.45, 2.75) is 6.54 Å². The second-order valence-corrected chi connectivity index (χ2v) is 4.49. The van der Waals surface area contributed by atoms with Crippen LogP contribution in [-0.2, 0) is 11.3 Å². The lowest BCUT2D eigenvalue weighted by molar-refractivity contribution is 0.0553. The molecular formula is C18H15NO3. The van der Waals surface area contributed by atoms with Gasteiger partial charge < -0.3 is 10.1 Å². The summed E-state index contributed by atoms with van der Waals surface area (Å²) < 4.78 is 4.88. The van der Waals surface area contributed by atoms with Crippen molar-refractivity contribution in [2.24, 2.45) is 0 Å². The summed E-state index contributed by atoms with van der Waals surface area (Å²) in [7, 11) is 0. The fourth-order valence-electron chi connectivity index (χ4n) is 1.92. The second-order valence-electron chi connectivity index (χ2n) is 4.49. The van der Waals surface area contributed by atoms with E-state index in [1.54, 1.807) is 18.2 Å². The smallest absolute Gasteiger partial charge is 0.339 e. The van der Waals surface area contributed by atoms with Crippen LogP contribution < -0.4 is 5.32 Å². The maximum absolute atomic E-state index is 12.3. The van der Waals surface area contributed by atoms with Crippen LogP contribution in [0, 0.1) is 12.3 Å². The Balaban J connectivity index is 2.09. The van der Waals surface area contributed by atoms with Crippen molar-refractivity contribution >= 4 is 11.9 Å². The molecule has 0 radical (unpaired) electrons. The Kier molecular flexibility index (Phi) is 5.33.